The number of aromatic nitrogens is 3. The highest BCUT2D eigenvalue weighted by Crippen LogP contribution is 2.50. The van der Waals surface area contributed by atoms with E-state index in [-0.39, 0.29) is 33.1 Å². The molecule has 0 spiro atoms. The number of carbonyl (C=O) groups is 1. The minimum absolute atomic E-state index is 0.0281. The molecule has 174 valence electrons. The van der Waals surface area contributed by atoms with Crippen LogP contribution in [0.25, 0.3) is 0 Å². The van der Waals surface area contributed by atoms with Crippen LogP contribution >= 0.6 is 23.2 Å². The number of benzene rings is 1. The first kappa shape index (κ1) is 24.7. The predicted molar refractivity (Wildman–Crippen MR) is 113 cm³/mol. The summed E-state index contributed by atoms with van der Waals surface area (Å²) in [4.78, 5) is 22.9. The lowest BCUT2D eigenvalue weighted by atomic mass is 9.78. The van der Waals surface area contributed by atoms with Crippen molar-refractivity contribution < 1.29 is 32.5 Å². The quantitative estimate of drug-likeness (QED) is 0.361. The van der Waals surface area contributed by atoms with Crippen molar-refractivity contribution >= 4 is 29.2 Å². The smallest absolute Gasteiger partial charge is 0.422 e. The topological polar surface area (TPSA) is 94.4 Å². The van der Waals surface area contributed by atoms with Gasteiger partial charge >= 0.3 is 18.2 Å². The SMILES string of the molecule is COC(=O)c1cnc(Oc2ccc(Cl)c([C@@H](C)[C@@](O)(c3ccnc(Cl)c3)C(F)(F)F)c2)nc1. The summed E-state index contributed by atoms with van der Waals surface area (Å²) in [6.07, 6.45) is -1.67. The standard InChI is InChI=1S/C21H16Cl2F3N3O4/c1-11(20(31,21(24,25)26)13-5-6-27-17(23)7-13)15-8-14(3-4-16(15)22)33-19-28-9-12(10-29-19)18(30)32-2/h3-11,31H,1-2H3/t11-,20-/m1/s1. The van der Waals surface area contributed by atoms with E-state index in [0.29, 0.717) is 0 Å². The fourth-order valence-corrected chi connectivity index (χ4v) is 3.59. The molecule has 0 radical (unpaired) electrons. The zero-order valence-corrected chi connectivity index (χ0v) is 18.6. The number of pyridine rings is 1. The Morgan fingerprint density at radius 2 is 1.76 bits per heavy atom. The molecule has 12 heteroatoms. The van der Waals surface area contributed by atoms with Gasteiger partial charge in [-0.2, -0.15) is 13.2 Å². The summed E-state index contributed by atoms with van der Waals surface area (Å²) in [6, 6.07) is 5.76. The molecule has 0 saturated heterocycles. The molecule has 0 aliphatic carbocycles. The number of hydrogen-bond donors (Lipinski definition) is 1. The molecule has 3 rings (SSSR count). The molecule has 2 atom stereocenters. The number of aliphatic hydroxyl groups is 1. The molecule has 0 amide bonds. The summed E-state index contributed by atoms with van der Waals surface area (Å²) >= 11 is 11.9. The summed E-state index contributed by atoms with van der Waals surface area (Å²) in [5.41, 5.74) is -3.79. The number of ether oxygens (including phenoxy) is 2. The van der Waals surface area contributed by atoms with Crippen LogP contribution in [0.4, 0.5) is 13.2 Å². The molecule has 0 unspecified atom stereocenters. The van der Waals surface area contributed by atoms with Crippen molar-refractivity contribution in [2.45, 2.75) is 24.6 Å². The third-order valence-corrected chi connectivity index (χ3v) is 5.47. The van der Waals surface area contributed by atoms with Gasteiger partial charge in [-0.1, -0.05) is 30.1 Å². The lowest BCUT2D eigenvalue weighted by Crippen LogP contribution is -2.46. The van der Waals surface area contributed by atoms with Crippen LogP contribution in [0.2, 0.25) is 10.2 Å². The number of rotatable bonds is 6. The van der Waals surface area contributed by atoms with Crippen LogP contribution in [0.1, 0.15) is 34.3 Å². The fraction of sp³-hybridized carbons (Fsp3) is 0.238. The molecule has 1 aromatic carbocycles. The lowest BCUT2D eigenvalue weighted by Gasteiger charge is -2.37. The summed E-state index contributed by atoms with van der Waals surface area (Å²) in [6.45, 7) is 1.18. The Morgan fingerprint density at radius 3 is 2.33 bits per heavy atom. The minimum Gasteiger partial charge on any atom is -0.465 e. The van der Waals surface area contributed by atoms with Gasteiger partial charge in [0.1, 0.15) is 10.9 Å². The number of carbonyl (C=O) groups excluding carboxylic acids is 1. The average molecular weight is 502 g/mol. The second kappa shape index (κ2) is 9.50. The lowest BCUT2D eigenvalue weighted by molar-refractivity contribution is -0.274. The number of methoxy groups -OCH3 is 1. The van der Waals surface area contributed by atoms with Crippen molar-refractivity contribution in [2.75, 3.05) is 7.11 Å². The van der Waals surface area contributed by atoms with Crippen molar-refractivity contribution in [3.05, 3.63) is 75.8 Å². The van der Waals surface area contributed by atoms with Gasteiger partial charge in [0, 0.05) is 29.5 Å². The third-order valence-electron chi connectivity index (χ3n) is 4.92. The molecule has 2 heterocycles. The molecule has 0 bridgehead atoms. The van der Waals surface area contributed by atoms with E-state index >= 15 is 0 Å². The summed E-state index contributed by atoms with van der Waals surface area (Å²) < 4.78 is 52.4. The summed E-state index contributed by atoms with van der Waals surface area (Å²) in [5, 5.41) is 10.7. The van der Waals surface area contributed by atoms with Gasteiger partial charge in [-0.15, -0.1) is 0 Å². The van der Waals surface area contributed by atoms with Crippen LogP contribution in [0.15, 0.2) is 48.9 Å². The van der Waals surface area contributed by atoms with E-state index in [1.807, 2.05) is 0 Å². The van der Waals surface area contributed by atoms with Gasteiger partial charge < -0.3 is 14.6 Å². The molecule has 1 N–H and O–H groups in total. The van der Waals surface area contributed by atoms with Crippen LogP contribution < -0.4 is 4.74 Å². The molecule has 0 aliphatic rings. The van der Waals surface area contributed by atoms with Gasteiger partial charge in [-0.3, -0.25) is 0 Å². The third kappa shape index (κ3) is 5.02. The highest BCUT2D eigenvalue weighted by molar-refractivity contribution is 6.31. The van der Waals surface area contributed by atoms with Gasteiger partial charge in [-0.05, 0) is 41.5 Å². The minimum atomic E-state index is -5.08. The van der Waals surface area contributed by atoms with Gasteiger partial charge in [-0.25, -0.2) is 19.7 Å². The first-order valence-electron chi connectivity index (χ1n) is 9.26. The molecule has 7 nitrogen and oxygen atoms in total. The van der Waals surface area contributed by atoms with Crippen molar-refractivity contribution in [3.63, 3.8) is 0 Å². The van der Waals surface area contributed by atoms with Crippen LogP contribution in [0, 0.1) is 0 Å². The maximum atomic E-state index is 14.1. The van der Waals surface area contributed by atoms with Gasteiger partial charge in [0.15, 0.2) is 5.60 Å². The second-order valence-corrected chi connectivity index (χ2v) is 7.68. The highest BCUT2D eigenvalue weighted by atomic mass is 35.5. The molecule has 33 heavy (non-hydrogen) atoms. The Kier molecular flexibility index (Phi) is 7.11. The van der Waals surface area contributed by atoms with E-state index in [0.717, 1.165) is 18.3 Å². The summed E-state index contributed by atoms with van der Waals surface area (Å²) in [5.74, 6) is -2.16. The largest absolute Gasteiger partial charge is 0.465 e. The van der Waals surface area contributed by atoms with Crippen molar-refractivity contribution in [3.8, 4) is 11.8 Å². The predicted octanol–water partition coefficient (Wildman–Crippen LogP) is 5.31. The molecule has 2 aromatic heterocycles. The second-order valence-electron chi connectivity index (χ2n) is 6.88. The first-order valence-corrected chi connectivity index (χ1v) is 10.0. The van der Waals surface area contributed by atoms with Crippen LogP contribution in [-0.2, 0) is 10.3 Å². The number of esters is 1. The molecule has 0 saturated carbocycles. The van der Waals surface area contributed by atoms with E-state index < -0.39 is 29.2 Å². The van der Waals surface area contributed by atoms with Crippen LogP contribution in [0.5, 0.6) is 11.8 Å². The molecular weight excluding hydrogens is 486 g/mol. The molecule has 0 fully saturated rings. The zero-order valence-electron chi connectivity index (χ0n) is 17.1. The Labute approximate surface area is 196 Å². The maximum Gasteiger partial charge on any atom is 0.422 e. The fourth-order valence-electron chi connectivity index (χ4n) is 3.14. The maximum absolute atomic E-state index is 14.1. The van der Waals surface area contributed by atoms with E-state index in [9.17, 15) is 23.1 Å². The van der Waals surface area contributed by atoms with E-state index in [4.69, 9.17) is 27.9 Å². The zero-order chi connectivity index (χ0) is 24.4. The molecule has 3 aromatic rings. The van der Waals surface area contributed by atoms with E-state index in [1.54, 1.807) is 0 Å². The van der Waals surface area contributed by atoms with Crippen LogP contribution in [0.3, 0.4) is 0 Å². The van der Waals surface area contributed by atoms with E-state index in [1.165, 1.54) is 44.6 Å². The van der Waals surface area contributed by atoms with Gasteiger partial charge in [0.25, 0.3) is 0 Å². The number of halogens is 5. The summed E-state index contributed by atoms with van der Waals surface area (Å²) in [7, 11) is 1.20. The monoisotopic (exact) mass is 501 g/mol. The first-order chi connectivity index (χ1) is 15.5. The molecular formula is C21H16Cl2F3N3O4. The van der Waals surface area contributed by atoms with Crippen LogP contribution in [-0.4, -0.2) is 39.3 Å². The Morgan fingerprint density at radius 1 is 1.09 bits per heavy atom. The van der Waals surface area contributed by atoms with Gasteiger partial charge in [0.05, 0.1) is 12.7 Å². The highest BCUT2D eigenvalue weighted by Gasteiger charge is 2.59. The Hall–Kier alpha value is -2.95. The Bertz CT molecular complexity index is 1160. The van der Waals surface area contributed by atoms with E-state index in [2.05, 4.69) is 19.7 Å². The number of alkyl halides is 3. The number of nitrogens with zero attached hydrogens (tertiary/aromatic N) is 3. The molecule has 0 aliphatic heterocycles. The Balaban J connectivity index is 1.98. The van der Waals surface area contributed by atoms with Gasteiger partial charge in [0.2, 0.25) is 0 Å². The normalized spacial score (nSPS) is 14.3. The van der Waals surface area contributed by atoms with Crippen molar-refractivity contribution in [1.29, 1.82) is 0 Å². The van der Waals surface area contributed by atoms with Crippen molar-refractivity contribution in [2.24, 2.45) is 0 Å². The average Bonchev–Trinajstić information content (AvgIpc) is 2.78. The van der Waals surface area contributed by atoms with Crippen molar-refractivity contribution in [1.82, 2.24) is 15.0 Å². The number of hydrogen-bond acceptors (Lipinski definition) is 7.